The molecule has 1 aliphatic heterocycles. The van der Waals surface area contributed by atoms with Crippen molar-refractivity contribution in [3.63, 3.8) is 0 Å². The fourth-order valence-corrected chi connectivity index (χ4v) is 2.68. The highest BCUT2D eigenvalue weighted by atomic mass is 35.5. The van der Waals surface area contributed by atoms with Gasteiger partial charge < -0.3 is 14.6 Å². The minimum atomic E-state index is -0.794. The summed E-state index contributed by atoms with van der Waals surface area (Å²) in [5.41, 5.74) is 1.85. The van der Waals surface area contributed by atoms with E-state index in [1.54, 1.807) is 0 Å². The quantitative estimate of drug-likeness (QED) is 0.832. The van der Waals surface area contributed by atoms with Crippen molar-refractivity contribution in [3.8, 4) is 11.5 Å². The first-order valence-electron chi connectivity index (χ1n) is 7.48. The van der Waals surface area contributed by atoms with Gasteiger partial charge >= 0.3 is 5.97 Å². The minimum absolute atomic E-state index is 0. The fraction of sp³-hybridized carbons (Fsp3) is 0.562. The van der Waals surface area contributed by atoms with Crippen molar-refractivity contribution in [1.29, 1.82) is 0 Å². The van der Waals surface area contributed by atoms with Gasteiger partial charge in [-0.25, -0.2) is 0 Å². The molecule has 1 aromatic carbocycles. The maximum atomic E-state index is 11.5. The van der Waals surface area contributed by atoms with E-state index in [4.69, 9.17) is 9.47 Å². The third kappa shape index (κ3) is 3.84. The fourth-order valence-electron chi connectivity index (χ4n) is 2.68. The van der Waals surface area contributed by atoms with Gasteiger partial charge in [-0.15, -0.1) is 12.4 Å². The molecule has 6 heteroatoms. The Balaban J connectivity index is 0.00000242. The Hall–Kier alpha value is -1.46. The van der Waals surface area contributed by atoms with E-state index < -0.39 is 11.9 Å². The lowest BCUT2D eigenvalue weighted by Gasteiger charge is -2.22. The molecule has 0 saturated carbocycles. The van der Waals surface area contributed by atoms with Gasteiger partial charge in [0.05, 0.1) is 5.92 Å². The molecule has 1 heterocycles. The highest BCUT2D eigenvalue weighted by Crippen LogP contribution is 2.38. The summed E-state index contributed by atoms with van der Waals surface area (Å²) in [5, 5.41) is 9.46. The number of benzene rings is 1. The molecule has 0 aliphatic carbocycles. The predicted molar refractivity (Wildman–Crippen MR) is 87.1 cm³/mol. The van der Waals surface area contributed by atoms with Gasteiger partial charge in [-0.05, 0) is 42.8 Å². The molecule has 1 atom stereocenters. The first-order chi connectivity index (χ1) is 10.1. The third-order valence-corrected chi connectivity index (χ3v) is 4.00. The van der Waals surface area contributed by atoms with Crippen molar-refractivity contribution in [1.82, 2.24) is 4.90 Å². The summed E-state index contributed by atoms with van der Waals surface area (Å²) in [5.74, 6) is 0.0522. The second-order valence-electron chi connectivity index (χ2n) is 5.16. The Kier molecular flexibility index (Phi) is 6.97. The number of hydrogen-bond acceptors (Lipinski definition) is 4. The molecule has 0 spiro atoms. The van der Waals surface area contributed by atoms with Gasteiger partial charge in [-0.3, -0.25) is 9.69 Å². The van der Waals surface area contributed by atoms with Crippen LogP contribution in [-0.2, 0) is 11.3 Å². The SMILES string of the molecule is CCC(C(=O)O)c1cc2c(cc1CN(CC)CC)OCO2.Cl. The largest absolute Gasteiger partial charge is 0.481 e. The molecular weight excluding hydrogens is 306 g/mol. The van der Waals surface area contributed by atoms with E-state index in [0.29, 0.717) is 17.9 Å². The van der Waals surface area contributed by atoms with Crippen molar-refractivity contribution in [2.45, 2.75) is 39.7 Å². The standard InChI is InChI=1S/C16H23NO4.ClH/c1-4-12(16(18)19)13-8-15-14(20-10-21-15)7-11(13)9-17(5-2)6-3;/h7-8,12H,4-6,9-10H2,1-3H3,(H,18,19);1H. The van der Waals surface area contributed by atoms with E-state index >= 15 is 0 Å². The van der Waals surface area contributed by atoms with Crippen LogP contribution in [0.1, 0.15) is 44.2 Å². The molecule has 0 fully saturated rings. The molecule has 0 bridgehead atoms. The second-order valence-corrected chi connectivity index (χ2v) is 5.16. The van der Waals surface area contributed by atoms with Crippen LogP contribution in [-0.4, -0.2) is 35.9 Å². The van der Waals surface area contributed by atoms with Crippen molar-refractivity contribution in [2.75, 3.05) is 19.9 Å². The van der Waals surface area contributed by atoms with Crippen molar-refractivity contribution in [2.24, 2.45) is 0 Å². The van der Waals surface area contributed by atoms with Crippen molar-refractivity contribution < 1.29 is 19.4 Å². The monoisotopic (exact) mass is 329 g/mol. The van der Waals surface area contributed by atoms with Crippen LogP contribution in [0.25, 0.3) is 0 Å². The molecular formula is C16H24ClNO4. The number of carboxylic acids is 1. The van der Waals surface area contributed by atoms with E-state index in [1.807, 2.05) is 19.1 Å². The van der Waals surface area contributed by atoms with Gasteiger partial charge in [0.25, 0.3) is 0 Å². The molecule has 1 aromatic rings. The summed E-state index contributed by atoms with van der Waals surface area (Å²) >= 11 is 0. The van der Waals surface area contributed by atoms with Crippen LogP contribution in [0.5, 0.6) is 11.5 Å². The van der Waals surface area contributed by atoms with Crippen molar-refractivity contribution in [3.05, 3.63) is 23.3 Å². The number of halogens is 1. The topological polar surface area (TPSA) is 59.0 Å². The predicted octanol–water partition coefficient (Wildman–Crippen LogP) is 3.26. The molecule has 1 N–H and O–H groups in total. The van der Waals surface area contributed by atoms with E-state index in [-0.39, 0.29) is 19.2 Å². The summed E-state index contributed by atoms with van der Waals surface area (Å²) in [6, 6.07) is 3.77. The number of ether oxygens (including phenoxy) is 2. The lowest BCUT2D eigenvalue weighted by Crippen LogP contribution is -2.24. The van der Waals surface area contributed by atoms with Gasteiger partial charge in [0, 0.05) is 6.54 Å². The molecule has 2 rings (SSSR count). The van der Waals surface area contributed by atoms with Crippen molar-refractivity contribution >= 4 is 18.4 Å². The molecule has 1 unspecified atom stereocenters. The molecule has 0 aromatic heterocycles. The Morgan fingerprint density at radius 3 is 2.32 bits per heavy atom. The normalized spacial score (nSPS) is 13.8. The van der Waals surface area contributed by atoms with Crippen LogP contribution in [0.2, 0.25) is 0 Å². The molecule has 1 aliphatic rings. The lowest BCUT2D eigenvalue weighted by molar-refractivity contribution is -0.138. The van der Waals surface area contributed by atoms with Crippen LogP contribution in [0, 0.1) is 0 Å². The Morgan fingerprint density at radius 2 is 1.82 bits per heavy atom. The zero-order chi connectivity index (χ0) is 15.4. The zero-order valence-electron chi connectivity index (χ0n) is 13.3. The van der Waals surface area contributed by atoms with E-state index in [9.17, 15) is 9.90 Å². The average Bonchev–Trinajstić information content (AvgIpc) is 2.92. The lowest BCUT2D eigenvalue weighted by atomic mass is 9.91. The average molecular weight is 330 g/mol. The van der Waals surface area contributed by atoms with Gasteiger partial charge in [0.1, 0.15) is 0 Å². The molecule has 0 amide bonds. The third-order valence-electron chi connectivity index (χ3n) is 4.00. The van der Waals surface area contributed by atoms with Crippen LogP contribution in [0.4, 0.5) is 0 Å². The summed E-state index contributed by atoms with van der Waals surface area (Å²) in [4.78, 5) is 13.8. The van der Waals surface area contributed by atoms with Gasteiger partial charge in [0.2, 0.25) is 6.79 Å². The highest BCUT2D eigenvalue weighted by Gasteiger charge is 2.25. The first-order valence-corrected chi connectivity index (χ1v) is 7.48. The summed E-state index contributed by atoms with van der Waals surface area (Å²) in [6.07, 6.45) is 0.556. The second kappa shape index (κ2) is 8.25. The Labute approximate surface area is 137 Å². The Morgan fingerprint density at radius 1 is 1.23 bits per heavy atom. The maximum absolute atomic E-state index is 11.5. The van der Waals surface area contributed by atoms with Gasteiger partial charge in [-0.1, -0.05) is 20.8 Å². The van der Waals surface area contributed by atoms with Crippen LogP contribution in [0.15, 0.2) is 12.1 Å². The molecule has 5 nitrogen and oxygen atoms in total. The van der Waals surface area contributed by atoms with Gasteiger partial charge in [0.15, 0.2) is 11.5 Å². The van der Waals surface area contributed by atoms with E-state index in [0.717, 1.165) is 30.8 Å². The molecule has 22 heavy (non-hydrogen) atoms. The number of nitrogens with zero attached hydrogens (tertiary/aromatic N) is 1. The van der Waals surface area contributed by atoms with E-state index in [1.165, 1.54) is 0 Å². The summed E-state index contributed by atoms with van der Waals surface area (Å²) in [7, 11) is 0. The number of carboxylic acid groups (broad SMARTS) is 1. The molecule has 0 radical (unpaired) electrons. The Bertz CT molecular complexity index is 517. The maximum Gasteiger partial charge on any atom is 0.310 e. The number of rotatable bonds is 7. The number of hydrogen-bond donors (Lipinski definition) is 1. The highest BCUT2D eigenvalue weighted by molar-refractivity contribution is 5.85. The number of carbonyl (C=O) groups is 1. The zero-order valence-corrected chi connectivity index (χ0v) is 14.1. The van der Waals surface area contributed by atoms with Crippen LogP contribution < -0.4 is 9.47 Å². The number of aliphatic carboxylic acids is 1. The summed E-state index contributed by atoms with van der Waals surface area (Å²) < 4.78 is 10.8. The smallest absolute Gasteiger partial charge is 0.310 e. The van der Waals surface area contributed by atoms with Crippen LogP contribution >= 0.6 is 12.4 Å². The molecule has 124 valence electrons. The minimum Gasteiger partial charge on any atom is -0.481 e. The first kappa shape index (κ1) is 18.6. The summed E-state index contributed by atoms with van der Waals surface area (Å²) in [6.45, 7) is 8.87. The molecule has 0 saturated heterocycles. The van der Waals surface area contributed by atoms with Gasteiger partial charge in [-0.2, -0.15) is 0 Å². The van der Waals surface area contributed by atoms with Crippen LogP contribution in [0.3, 0.4) is 0 Å². The number of fused-ring (bicyclic) bond motifs is 1. The van der Waals surface area contributed by atoms with E-state index in [2.05, 4.69) is 18.7 Å².